The molecule has 1 atom stereocenters. The second-order valence-electron chi connectivity index (χ2n) is 5.61. The van der Waals surface area contributed by atoms with Gasteiger partial charge in [-0.1, -0.05) is 18.6 Å². The molecule has 0 aliphatic heterocycles. The number of fused-ring (bicyclic) bond motifs is 1. The maximum Gasteiger partial charge on any atom is 0.111 e. The largest absolute Gasteiger partial charge is 0.399 e. The monoisotopic (exact) mass is 243 g/mol. The molecule has 2 heteroatoms. The van der Waals surface area contributed by atoms with Gasteiger partial charge in [0.15, 0.2) is 0 Å². The van der Waals surface area contributed by atoms with E-state index in [0.717, 1.165) is 36.9 Å². The summed E-state index contributed by atoms with van der Waals surface area (Å²) in [4.78, 5) is 0. The highest BCUT2D eigenvalue weighted by atomic mass is 16.3. The Bertz CT molecular complexity index is 492. The van der Waals surface area contributed by atoms with Gasteiger partial charge in [-0.25, -0.2) is 0 Å². The molecule has 1 unspecified atom stereocenters. The molecule has 3 N–H and O–H groups in total. The summed E-state index contributed by atoms with van der Waals surface area (Å²) in [5.74, 6) is 0. The standard InChI is InChI=1S/C16H21NO/c17-14-7-8-15-12(11-14)9-10-16(15,18)13-5-3-1-2-4-6-13/h5,7-8,11,18H,1-4,6,9-10,17H2. The first-order valence-electron chi connectivity index (χ1n) is 7.01. The van der Waals surface area contributed by atoms with Gasteiger partial charge in [0.05, 0.1) is 0 Å². The van der Waals surface area contributed by atoms with E-state index in [4.69, 9.17) is 5.73 Å². The number of allylic oxidation sites excluding steroid dienone is 1. The molecule has 18 heavy (non-hydrogen) atoms. The second-order valence-corrected chi connectivity index (χ2v) is 5.61. The Balaban J connectivity index is 2.00. The van der Waals surface area contributed by atoms with Crippen molar-refractivity contribution in [1.82, 2.24) is 0 Å². The summed E-state index contributed by atoms with van der Waals surface area (Å²) in [6.07, 6.45) is 9.93. The molecule has 0 spiro atoms. The minimum atomic E-state index is -0.715. The molecule has 2 aliphatic rings. The Morgan fingerprint density at radius 3 is 2.89 bits per heavy atom. The fourth-order valence-corrected chi connectivity index (χ4v) is 3.40. The van der Waals surface area contributed by atoms with Crippen molar-refractivity contribution in [3.63, 3.8) is 0 Å². The van der Waals surface area contributed by atoms with E-state index in [9.17, 15) is 5.11 Å². The van der Waals surface area contributed by atoms with Crippen molar-refractivity contribution >= 4 is 5.69 Å². The summed E-state index contributed by atoms with van der Waals surface area (Å²) in [5.41, 5.74) is 9.46. The Morgan fingerprint density at radius 2 is 2.00 bits per heavy atom. The molecule has 0 radical (unpaired) electrons. The second kappa shape index (κ2) is 4.43. The van der Waals surface area contributed by atoms with Gasteiger partial charge >= 0.3 is 0 Å². The van der Waals surface area contributed by atoms with Gasteiger partial charge in [-0.3, -0.25) is 0 Å². The van der Waals surface area contributed by atoms with E-state index in [1.165, 1.54) is 30.4 Å². The lowest BCUT2D eigenvalue weighted by molar-refractivity contribution is 0.0742. The fourth-order valence-electron chi connectivity index (χ4n) is 3.40. The highest BCUT2D eigenvalue weighted by Gasteiger charge is 2.39. The number of benzene rings is 1. The molecule has 1 aromatic rings. The average Bonchev–Trinajstić information content (AvgIpc) is 2.59. The van der Waals surface area contributed by atoms with Crippen molar-refractivity contribution in [2.75, 3.05) is 5.73 Å². The maximum atomic E-state index is 11.1. The van der Waals surface area contributed by atoms with Crippen LogP contribution in [-0.2, 0) is 12.0 Å². The van der Waals surface area contributed by atoms with Crippen molar-refractivity contribution < 1.29 is 5.11 Å². The van der Waals surface area contributed by atoms with Gasteiger partial charge in [0.2, 0.25) is 0 Å². The van der Waals surface area contributed by atoms with Gasteiger partial charge in [-0.2, -0.15) is 0 Å². The van der Waals surface area contributed by atoms with Crippen LogP contribution < -0.4 is 5.73 Å². The van der Waals surface area contributed by atoms with Crippen molar-refractivity contribution in [2.24, 2.45) is 0 Å². The van der Waals surface area contributed by atoms with E-state index < -0.39 is 5.60 Å². The molecular formula is C16H21NO. The Morgan fingerprint density at radius 1 is 1.11 bits per heavy atom. The number of aryl methyl sites for hydroxylation is 1. The van der Waals surface area contributed by atoms with E-state index in [1.54, 1.807) is 0 Å². The Kier molecular flexibility index (Phi) is 2.90. The highest BCUT2D eigenvalue weighted by molar-refractivity contribution is 5.51. The third-order valence-corrected chi connectivity index (χ3v) is 4.40. The lowest BCUT2D eigenvalue weighted by Gasteiger charge is -2.27. The van der Waals surface area contributed by atoms with Gasteiger partial charge < -0.3 is 10.8 Å². The predicted octanol–water partition coefficient (Wildman–Crippen LogP) is 3.29. The zero-order valence-corrected chi connectivity index (χ0v) is 10.8. The summed E-state index contributed by atoms with van der Waals surface area (Å²) in [6, 6.07) is 5.94. The van der Waals surface area contributed by atoms with Crippen LogP contribution in [0.15, 0.2) is 29.8 Å². The smallest absolute Gasteiger partial charge is 0.111 e. The van der Waals surface area contributed by atoms with Crippen molar-refractivity contribution in [2.45, 2.75) is 50.5 Å². The number of nitrogens with two attached hydrogens (primary N) is 1. The summed E-state index contributed by atoms with van der Waals surface area (Å²) >= 11 is 0. The number of hydrogen-bond donors (Lipinski definition) is 2. The number of aliphatic hydroxyl groups is 1. The summed E-state index contributed by atoms with van der Waals surface area (Å²) in [7, 11) is 0. The van der Waals surface area contributed by atoms with Crippen LogP contribution in [0.2, 0.25) is 0 Å². The first-order valence-corrected chi connectivity index (χ1v) is 7.01. The predicted molar refractivity (Wildman–Crippen MR) is 74.2 cm³/mol. The Labute approximate surface area is 109 Å². The number of hydrogen-bond acceptors (Lipinski definition) is 2. The molecule has 2 nitrogen and oxygen atoms in total. The van der Waals surface area contributed by atoms with Crippen LogP contribution >= 0.6 is 0 Å². The van der Waals surface area contributed by atoms with E-state index in [2.05, 4.69) is 6.08 Å². The molecule has 3 rings (SSSR count). The van der Waals surface area contributed by atoms with E-state index >= 15 is 0 Å². The van der Waals surface area contributed by atoms with Gasteiger partial charge in [0, 0.05) is 5.69 Å². The van der Waals surface area contributed by atoms with E-state index in [-0.39, 0.29) is 0 Å². The van der Waals surface area contributed by atoms with Crippen molar-refractivity contribution in [1.29, 1.82) is 0 Å². The lowest BCUT2D eigenvalue weighted by atomic mass is 9.85. The Hall–Kier alpha value is -1.28. The van der Waals surface area contributed by atoms with Crippen LogP contribution in [0.1, 0.15) is 49.7 Å². The zero-order valence-electron chi connectivity index (χ0n) is 10.8. The third-order valence-electron chi connectivity index (χ3n) is 4.40. The van der Waals surface area contributed by atoms with Gasteiger partial charge in [0.1, 0.15) is 5.60 Å². The van der Waals surface area contributed by atoms with Crippen LogP contribution in [0.3, 0.4) is 0 Å². The maximum absolute atomic E-state index is 11.1. The minimum Gasteiger partial charge on any atom is -0.399 e. The number of anilines is 1. The quantitative estimate of drug-likeness (QED) is 0.587. The highest BCUT2D eigenvalue weighted by Crippen LogP contribution is 2.45. The SMILES string of the molecule is Nc1ccc2c(c1)CCC2(O)C1=CCCCCC1. The molecule has 0 heterocycles. The van der Waals surface area contributed by atoms with Crippen LogP contribution in [0.4, 0.5) is 5.69 Å². The topological polar surface area (TPSA) is 46.2 Å². The molecule has 0 fully saturated rings. The van der Waals surface area contributed by atoms with Crippen molar-refractivity contribution in [3.8, 4) is 0 Å². The van der Waals surface area contributed by atoms with E-state index in [1.807, 2.05) is 18.2 Å². The molecule has 2 aliphatic carbocycles. The molecule has 0 amide bonds. The first kappa shape index (κ1) is 11.8. The molecular weight excluding hydrogens is 222 g/mol. The summed E-state index contributed by atoms with van der Waals surface area (Å²) in [6.45, 7) is 0. The first-order chi connectivity index (χ1) is 8.70. The average molecular weight is 243 g/mol. The lowest BCUT2D eigenvalue weighted by Crippen LogP contribution is -2.25. The third kappa shape index (κ3) is 1.85. The van der Waals surface area contributed by atoms with Gasteiger partial charge in [-0.05, 0) is 67.4 Å². The number of nitrogen functional groups attached to an aromatic ring is 1. The fraction of sp³-hybridized carbons (Fsp3) is 0.500. The molecule has 96 valence electrons. The molecule has 0 saturated heterocycles. The molecule has 0 saturated carbocycles. The molecule has 0 bridgehead atoms. The van der Waals surface area contributed by atoms with Crippen LogP contribution in [0, 0.1) is 0 Å². The van der Waals surface area contributed by atoms with Crippen LogP contribution in [0.25, 0.3) is 0 Å². The molecule has 1 aromatic carbocycles. The van der Waals surface area contributed by atoms with Crippen LogP contribution in [-0.4, -0.2) is 5.11 Å². The van der Waals surface area contributed by atoms with Gasteiger partial charge in [-0.15, -0.1) is 0 Å². The zero-order chi connectivity index (χ0) is 12.6. The molecule has 0 aromatic heterocycles. The van der Waals surface area contributed by atoms with Crippen LogP contribution in [0.5, 0.6) is 0 Å². The summed E-state index contributed by atoms with van der Waals surface area (Å²) < 4.78 is 0. The van der Waals surface area contributed by atoms with E-state index in [0.29, 0.717) is 0 Å². The summed E-state index contributed by atoms with van der Waals surface area (Å²) in [5, 5.41) is 11.1. The number of rotatable bonds is 1. The van der Waals surface area contributed by atoms with Crippen molar-refractivity contribution in [3.05, 3.63) is 41.0 Å². The minimum absolute atomic E-state index is 0.715. The van der Waals surface area contributed by atoms with Gasteiger partial charge in [0.25, 0.3) is 0 Å². The normalized spacial score (nSPS) is 27.5.